The molecular weight excluding hydrogens is 238 g/mol. The third-order valence-corrected chi connectivity index (χ3v) is 4.65. The van der Waals surface area contributed by atoms with Crippen molar-refractivity contribution in [3.05, 3.63) is 34.9 Å². The van der Waals surface area contributed by atoms with Crippen molar-refractivity contribution in [2.75, 3.05) is 18.1 Å². The third-order valence-electron chi connectivity index (χ3n) is 3.37. The maximum atomic E-state index is 6.04. The summed E-state index contributed by atoms with van der Waals surface area (Å²) in [6, 6.07) is 8.18. The van der Waals surface area contributed by atoms with Gasteiger partial charge in [0.1, 0.15) is 0 Å². The van der Waals surface area contributed by atoms with Crippen LogP contribution in [0.5, 0.6) is 0 Å². The van der Waals surface area contributed by atoms with E-state index in [2.05, 4.69) is 23.9 Å². The van der Waals surface area contributed by atoms with Crippen LogP contribution >= 0.6 is 23.4 Å². The van der Waals surface area contributed by atoms with Crippen molar-refractivity contribution in [1.82, 2.24) is 0 Å². The van der Waals surface area contributed by atoms with Crippen molar-refractivity contribution >= 4 is 23.4 Å². The van der Waals surface area contributed by atoms with Gasteiger partial charge in [-0.1, -0.05) is 23.7 Å². The molecule has 1 unspecified atom stereocenters. The number of benzene rings is 1. The molecular formula is C13H18ClNS. The number of halogens is 1. The van der Waals surface area contributed by atoms with Gasteiger partial charge >= 0.3 is 0 Å². The quantitative estimate of drug-likeness (QED) is 0.894. The highest BCUT2D eigenvalue weighted by Crippen LogP contribution is 2.35. The number of hydrogen-bond acceptors (Lipinski definition) is 2. The molecule has 1 atom stereocenters. The zero-order chi connectivity index (χ0) is 11.4. The van der Waals surface area contributed by atoms with Crippen molar-refractivity contribution in [1.29, 1.82) is 0 Å². The number of rotatable bonds is 3. The first kappa shape index (κ1) is 12.3. The van der Waals surface area contributed by atoms with Gasteiger partial charge in [-0.25, -0.2) is 0 Å². The van der Waals surface area contributed by atoms with Gasteiger partial charge in [0.2, 0.25) is 0 Å². The smallest absolute Gasteiger partial charge is 0.0408 e. The van der Waals surface area contributed by atoms with Gasteiger partial charge in [0, 0.05) is 5.02 Å². The fraction of sp³-hybridized carbons (Fsp3) is 0.538. The summed E-state index contributed by atoms with van der Waals surface area (Å²) in [7, 11) is 0. The Kier molecular flexibility index (Phi) is 4.56. The van der Waals surface area contributed by atoms with Gasteiger partial charge in [-0.05, 0) is 60.4 Å². The molecule has 88 valence electrons. The molecule has 2 rings (SSSR count). The average Bonchev–Trinajstić information content (AvgIpc) is 2.31. The summed E-state index contributed by atoms with van der Waals surface area (Å²) in [5, 5.41) is 0.820. The lowest BCUT2D eigenvalue weighted by Crippen LogP contribution is -2.24. The molecule has 0 aromatic heterocycles. The Hall–Kier alpha value is -0.180. The van der Waals surface area contributed by atoms with E-state index in [1.165, 1.54) is 29.9 Å². The standard InChI is InChI=1S/C13H18ClNS/c14-12-3-1-2-11(8-12)13(9-15)10-4-6-16-7-5-10/h1-3,8,10,13H,4-7,9,15H2. The number of hydrogen-bond donors (Lipinski definition) is 1. The molecule has 0 bridgehead atoms. The lowest BCUT2D eigenvalue weighted by atomic mass is 9.82. The highest BCUT2D eigenvalue weighted by molar-refractivity contribution is 7.99. The molecule has 0 spiro atoms. The van der Waals surface area contributed by atoms with E-state index in [9.17, 15) is 0 Å². The van der Waals surface area contributed by atoms with E-state index in [4.69, 9.17) is 17.3 Å². The summed E-state index contributed by atoms with van der Waals surface area (Å²) in [6.45, 7) is 0.732. The van der Waals surface area contributed by atoms with Gasteiger partial charge in [0.25, 0.3) is 0 Å². The van der Waals surface area contributed by atoms with Gasteiger partial charge in [0.15, 0.2) is 0 Å². The Morgan fingerprint density at radius 2 is 2.12 bits per heavy atom. The molecule has 0 saturated carbocycles. The largest absolute Gasteiger partial charge is 0.330 e. The first-order valence-corrected chi connectivity index (χ1v) is 7.38. The number of nitrogens with two attached hydrogens (primary N) is 1. The van der Waals surface area contributed by atoms with Crippen LogP contribution in [0.15, 0.2) is 24.3 Å². The van der Waals surface area contributed by atoms with E-state index in [-0.39, 0.29) is 0 Å². The topological polar surface area (TPSA) is 26.0 Å². The van der Waals surface area contributed by atoms with E-state index < -0.39 is 0 Å². The second-order valence-corrected chi connectivity index (χ2v) is 6.01. The van der Waals surface area contributed by atoms with Gasteiger partial charge < -0.3 is 5.73 Å². The first-order chi connectivity index (χ1) is 7.81. The first-order valence-electron chi connectivity index (χ1n) is 5.84. The fourth-order valence-electron chi connectivity index (χ4n) is 2.46. The predicted octanol–water partition coefficient (Wildman–Crippen LogP) is 3.53. The molecule has 1 nitrogen and oxygen atoms in total. The second-order valence-electron chi connectivity index (χ2n) is 4.35. The highest BCUT2D eigenvalue weighted by Gasteiger charge is 2.24. The van der Waals surface area contributed by atoms with Crippen LogP contribution in [0.4, 0.5) is 0 Å². The third kappa shape index (κ3) is 2.93. The Balaban J connectivity index is 2.14. The monoisotopic (exact) mass is 255 g/mol. The van der Waals surface area contributed by atoms with Gasteiger partial charge in [-0.3, -0.25) is 0 Å². The molecule has 0 radical (unpaired) electrons. The van der Waals surface area contributed by atoms with Crippen molar-refractivity contribution < 1.29 is 0 Å². The molecule has 0 amide bonds. The van der Waals surface area contributed by atoms with E-state index in [1.807, 2.05) is 12.1 Å². The van der Waals surface area contributed by atoms with E-state index in [0.29, 0.717) is 5.92 Å². The van der Waals surface area contributed by atoms with Crippen LogP contribution in [0.1, 0.15) is 24.3 Å². The van der Waals surface area contributed by atoms with E-state index >= 15 is 0 Å². The van der Waals surface area contributed by atoms with Gasteiger partial charge in [-0.15, -0.1) is 0 Å². The molecule has 2 N–H and O–H groups in total. The Morgan fingerprint density at radius 3 is 2.75 bits per heavy atom. The second kappa shape index (κ2) is 5.95. The van der Waals surface area contributed by atoms with Crippen molar-refractivity contribution in [3.8, 4) is 0 Å². The normalized spacial score (nSPS) is 19.6. The molecule has 1 saturated heterocycles. The van der Waals surface area contributed by atoms with Crippen LogP contribution in [0.3, 0.4) is 0 Å². The lowest BCUT2D eigenvalue weighted by Gasteiger charge is -2.29. The predicted molar refractivity (Wildman–Crippen MR) is 73.3 cm³/mol. The van der Waals surface area contributed by atoms with Gasteiger partial charge in [-0.2, -0.15) is 11.8 Å². The Morgan fingerprint density at radius 1 is 1.38 bits per heavy atom. The van der Waals surface area contributed by atoms with Crippen molar-refractivity contribution in [2.24, 2.45) is 11.7 Å². The maximum Gasteiger partial charge on any atom is 0.0408 e. The Labute approximate surface area is 107 Å². The molecule has 1 aliphatic rings. The summed E-state index contributed by atoms with van der Waals surface area (Å²) < 4.78 is 0. The summed E-state index contributed by atoms with van der Waals surface area (Å²) in [4.78, 5) is 0. The minimum Gasteiger partial charge on any atom is -0.330 e. The summed E-state index contributed by atoms with van der Waals surface area (Å²) in [5.41, 5.74) is 7.25. The van der Waals surface area contributed by atoms with Crippen molar-refractivity contribution in [3.63, 3.8) is 0 Å². The molecule has 1 aromatic rings. The maximum absolute atomic E-state index is 6.04. The molecule has 16 heavy (non-hydrogen) atoms. The summed E-state index contributed by atoms with van der Waals surface area (Å²) in [6.07, 6.45) is 2.58. The minimum atomic E-state index is 0.486. The van der Waals surface area contributed by atoms with Crippen LogP contribution in [-0.4, -0.2) is 18.1 Å². The summed E-state index contributed by atoms with van der Waals surface area (Å²) in [5.74, 6) is 3.79. The van der Waals surface area contributed by atoms with E-state index in [1.54, 1.807) is 0 Å². The molecule has 0 aliphatic carbocycles. The van der Waals surface area contributed by atoms with Crippen molar-refractivity contribution in [2.45, 2.75) is 18.8 Å². The van der Waals surface area contributed by atoms with Crippen LogP contribution in [0.2, 0.25) is 5.02 Å². The SMILES string of the molecule is NCC(c1cccc(Cl)c1)C1CCSCC1. The average molecular weight is 256 g/mol. The highest BCUT2D eigenvalue weighted by atomic mass is 35.5. The Bertz CT molecular complexity index is 336. The fourth-order valence-corrected chi connectivity index (χ4v) is 3.80. The lowest BCUT2D eigenvalue weighted by molar-refractivity contribution is 0.401. The van der Waals surface area contributed by atoms with Gasteiger partial charge in [0.05, 0.1) is 0 Å². The molecule has 1 fully saturated rings. The number of thioether (sulfide) groups is 1. The zero-order valence-corrected chi connectivity index (χ0v) is 10.9. The molecule has 1 aliphatic heterocycles. The summed E-state index contributed by atoms with van der Waals surface area (Å²) >= 11 is 8.10. The van der Waals surface area contributed by atoms with Crippen LogP contribution in [-0.2, 0) is 0 Å². The van der Waals surface area contributed by atoms with Crippen LogP contribution in [0, 0.1) is 5.92 Å². The van der Waals surface area contributed by atoms with Crippen LogP contribution in [0.25, 0.3) is 0 Å². The zero-order valence-electron chi connectivity index (χ0n) is 9.36. The molecule has 1 heterocycles. The van der Waals surface area contributed by atoms with E-state index in [0.717, 1.165) is 17.5 Å². The molecule has 1 aromatic carbocycles. The molecule has 3 heteroatoms. The van der Waals surface area contributed by atoms with Crippen LogP contribution < -0.4 is 5.73 Å². The minimum absolute atomic E-state index is 0.486.